The van der Waals surface area contributed by atoms with Crippen LogP contribution in [0.5, 0.6) is 0 Å². The first-order chi connectivity index (χ1) is 11.6. The number of carbonyl (C=O) groups excluding carboxylic acids is 1. The summed E-state index contributed by atoms with van der Waals surface area (Å²) in [6, 6.07) is 4.90. The minimum absolute atomic E-state index is 0.0487. The topological polar surface area (TPSA) is 62.9 Å². The molecule has 0 bridgehead atoms. The summed E-state index contributed by atoms with van der Waals surface area (Å²) in [7, 11) is 1.44. The predicted octanol–water partition coefficient (Wildman–Crippen LogP) is 1.84. The summed E-state index contributed by atoms with van der Waals surface area (Å²) in [6.45, 7) is 5.04. The first-order valence-electron chi connectivity index (χ1n) is 7.38. The number of ketones is 1. The summed E-state index contributed by atoms with van der Waals surface area (Å²) in [5, 5.41) is 9.37. The van der Waals surface area contributed by atoms with Crippen molar-refractivity contribution < 1.29 is 13.6 Å². The number of hydrogen-bond acceptors (Lipinski definition) is 4. The Hall–Kier alpha value is -2.59. The van der Waals surface area contributed by atoms with Crippen LogP contribution in [-0.2, 0) is 11.8 Å². The number of nitrogens with zero attached hydrogens (tertiary/aromatic N) is 2. The molecule has 0 atom stereocenters. The molecular weight excluding hydrogens is 346 g/mol. The van der Waals surface area contributed by atoms with Gasteiger partial charge in [-0.2, -0.15) is 5.26 Å². The normalized spacial score (nSPS) is 13.6. The van der Waals surface area contributed by atoms with Crippen molar-refractivity contribution in [3.8, 4) is 6.07 Å². The monoisotopic (exact) mass is 362 g/mol. The van der Waals surface area contributed by atoms with E-state index in [9.17, 15) is 23.6 Å². The van der Waals surface area contributed by atoms with E-state index in [1.54, 1.807) is 20.8 Å². The summed E-state index contributed by atoms with van der Waals surface area (Å²) in [6.07, 6.45) is 1.28. The first-order valence-corrected chi connectivity index (χ1v) is 8.19. The Kier molecular flexibility index (Phi) is 5.04. The van der Waals surface area contributed by atoms with Gasteiger partial charge in [-0.3, -0.25) is 9.59 Å². The second-order valence-corrected chi connectivity index (χ2v) is 7.54. The van der Waals surface area contributed by atoms with Crippen LogP contribution in [0.25, 0.3) is 11.6 Å². The van der Waals surface area contributed by atoms with Gasteiger partial charge in [0, 0.05) is 24.1 Å². The second kappa shape index (κ2) is 6.73. The van der Waals surface area contributed by atoms with Crippen molar-refractivity contribution in [1.82, 2.24) is 4.57 Å². The van der Waals surface area contributed by atoms with E-state index < -0.39 is 22.6 Å². The Morgan fingerprint density at radius 2 is 1.96 bits per heavy atom. The maximum Gasteiger partial charge on any atom is 0.268 e. The van der Waals surface area contributed by atoms with Crippen LogP contribution in [0.1, 0.15) is 26.3 Å². The standard InChI is InChI=1S/C18H16F2N2O2S/c1-18(2,3)15(23)12(9-21)17-22(4)16(24)14(25-17)7-10-5-6-11(19)8-13(10)20/h5-8H,1-4H3/b14-7-,17-12+. The Balaban J connectivity index is 2.79. The summed E-state index contributed by atoms with van der Waals surface area (Å²) < 4.78 is 28.3. The lowest BCUT2D eigenvalue weighted by Crippen LogP contribution is -2.32. The van der Waals surface area contributed by atoms with Gasteiger partial charge in [-0.25, -0.2) is 8.78 Å². The molecule has 0 aliphatic heterocycles. The van der Waals surface area contributed by atoms with E-state index in [0.29, 0.717) is 0 Å². The fourth-order valence-corrected chi connectivity index (χ4v) is 3.19. The van der Waals surface area contributed by atoms with Crippen LogP contribution >= 0.6 is 11.3 Å². The molecule has 1 aromatic carbocycles. The average Bonchev–Trinajstić information content (AvgIpc) is 2.78. The molecule has 4 nitrogen and oxygen atoms in total. The van der Waals surface area contributed by atoms with Crippen LogP contribution in [0.2, 0.25) is 0 Å². The molecule has 0 amide bonds. The van der Waals surface area contributed by atoms with Gasteiger partial charge in [0.15, 0.2) is 5.78 Å². The van der Waals surface area contributed by atoms with Crippen LogP contribution in [-0.4, -0.2) is 10.4 Å². The molecule has 0 unspecified atom stereocenters. The van der Waals surface area contributed by atoms with E-state index >= 15 is 0 Å². The van der Waals surface area contributed by atoms with Gasteiger partial charge in [0.05, 0.1) is 4.53 Å². The zero-order valence-electron chi connectivity index (χ0n) is 14.2. The summed E-state index contributed by atoms with van der Waals surface area (Å²) in [5.41, 5.74) is -1.31. The quantitative estimate of drug-likeness (QED) is 0.819. The van der Waals surface area contributed by atoms with Gasteiger partial charge in [0.2, 0.25) is 0 Å². The lowest BCUT2D eigenvalue weighted by molar-refractivity contribution is -0.120. The number of thiazole rings is 1. The molecule has 0 saturated heterocycles. The number of Topliss-reactive ketones (excluding diaryl/α,β-unsaturated/α-hetero) is 1. The molecule has 0 aliphatic rings. The Labute approximate surface area is 147 Å². The zero-order chi connectivity index (χ0) is 18.9. The molecule has 130 valence electrons. The lowest BCUT2D eigenvalue weighted by Gasteiger charge is -2.15. The first kappa shape index (κ1) is 18.7. The van der Waals surface area contributed by atoms with Crippen LogP contribution in [0, 0.1) is 28.4 Å². The van der Waals surface area contributed by atoms with E-state index in [0.717, 1.165) is 23.5 Å². The maximum absolute atomic E-state index is 13.8. The molecule has 0 aliphatic carbocycles. The Morgan fingerprint density at radius 3 is 2.48 bits per heavy atom. The van der Waals surface area contributed by atoms with Gasteiger partial charge in [0.1, 0.15) is 27.9 Å². The predicted molar refractivity (Wildman–Crippen MR) is 92.2 cm³/mol. The lowest BCUT2D eigenvalue weighted by atomic mass is 9.87. The molecule has 25 heavy (non-hydrogen) atoms. The number of aromatic nitrogens is 1. The molecule has 2 rings (SSSR count). The Bertz CT molecular complexity index is 1070. The van der Waals surface area contributed by atoms with E-state index in [1.165, 1.54) is 23.8 Å². The van der Waals surface area contributed by atoms with Gasteiger partial charge in [-0.05, 0) is 18.2 Å². The van der Waals surface area contributed by atoms with Gasteiger partial charge in [-0.15, -0.1) is 11.3 Å². The van der Waals surface area contributed by atoms with E-state index in [-0.39, 0.29) is 26.1 Å². The highest BCUT2D eigenvalue weighted by atomic mass is 32.1. The average molecular weight is 362 g/mol. The molecule has 1 aromatic heterocycles. The van der Waals surface area contributed by atoms with Gasteiger partial charge < -0.3 is 4.57 Å². The van der Waals surface area contributed by atoms with E-state index in [4.69, 9.17) is 0 Å². The smallest absolute Gasteiger partial charge is 0.268 e. The van der Waals surface area contributed by atoms with Gasteiger partial charge in [-0.1, -0.05) is 20.8 Å². The summed E-state index contributed by atoms with van der Waals surface area (Å²) in [4.78, 5) is 24.8. The number of carbonyl (C=O) groups is 1. The minimum atomic E-state index is -0.799. The number of rotatable bonds is 2. The highest BCUT2D eigenvalue weighted by molar-refractivity contribution is 7.07. The molecule has 0 N–H and O–H groups in total. The van der Waals surface area contributed by atoms with Crippen LogP contribution in [0.15, 0.2) is 23.0 Å². The summed E-state index contributed by atoms with van der Waals surface area (Å²) in [5.74, 6) is -1.90. The largest absolute Gasteiger partial charge is 0.301 e. The third kappa shape index (κ3) is 3.74. The van der Waals surface area contributed by atoms with E-state index in [2.05, 4.69) is 0 Å². The van der Waals surface area contributed by atoms with Crippen molar-refractivity contribution in [3.63, 3.8) is 0 Å². The number of nitriles is 1. The molecule has 7 heteroatoms. The van der Waals surface area contributed by atoms with E-state index in [1.807, 2.05) is 6.07 Å². The van der Waals surface area contributed by atoms with Crippen molar-refractivity contribution in [2.45, 2.75) is 20.8 Å². The van der Waals surface area contributed by atoms with Crippen molar-refractivity contribution in [3.05, 3.63) is 54.9 Å². The van der Waals surface area contributed by atoms with Crippen LogP contribution in [0.3, 0.4) is 0 Å². The fraction of sp³-hybridized carbons (Fsp3) is 0.278. The van der Waals surface area contributed by atoms with Crippen molar-refractivity contribution >= 4 is 28.8 Å². The highest BCUT2D eigenvalue weighted by Gasteiger charge is 2.27. The zero-order valence-corrected chi connectivity index (χ0v) is 15.0. The minimum Gasteiger partial charge on any atom is -0.301 e. The van der Waals surface area contributed by atoms with Crippen LogP contribution < -0.4 is 14.8 Å². The van der Waals surface area contributed by atoms with Crippen molar-refractivity contribution in [2.75, 3.05) is 0 Å². The van der Waals surface area contributed by atoms with Crippen molar-refractivity contribution in [2.24, 2.45) is 12.5 Å². The number of benzene rings is 1. The molecule has 0 fully saturated rings. The SMILES string of the molecule is Cn1c(=O)/c(=C/c2ccc(F)cc2F)s/c1=C(\C#N)C(=O)C(C)(C)C. The molecule has 0 spiro atoms. The van der Waals surface area contributed by atoms with Crippen molar-refractivity contribution in [1.29, 1.82) is 5.26 Å². The van der Waals surface area contributed by atoms with Crippen LogP contribution in [0.4, 0.5) is 8.78 Å². The highest BCUT2D eigenvalue weighted by Crippen LogP contribution is 2.19. The third-order valence-electron chi connectivity index (χ3n) is 3.51. The van der Waals surface area contributed by atoms with Gasteiger partial charge in [0.25, 0.3) is 5.56 Å². The number of hydrogen-bond donors (Lipinski definition) is 0. The second-order valence-electron chi connectivity index (χ2n) is 6.51. The molecule has 2 aromatic rings. The Morgan fingerprint density at radius 1 is 1.32 bits per heavy atom. The fourth-order valence-electron chi connectivity index (χ4n) is 2.11. The third-order valence-corrected chi connectivity index (χ3v) is 4.69. The molecular formula is C18H16F2N2O2S. The molecule has 0 saturated carbocycles. The number of halogens is 2. The molecule has 1 heterocycles. The van der Waals surface area contributed by atoms with Gasteiger partial charge >= 0.3 is 0 Å². The maximum atomic E-state index is 13.8. The molecule has 0 radical (unpaired) electrons. The summed E-state index contributed by atoms with van der Waals surface area (Å²) >= 11 is 0.925.